The molecule has 0 spiro atoms. The summed E-state index contributed by atoms with van der Waals surface area (Å²) in [4.78, 5) is 24.6. The van der Waals surface area contributed by atoms with Gasteiger partial charge in [0.1, 0.15) is 0 Å². The van der Waals surface area contributed by atoms with Crippen LogP contribution in [-0.4, -0.2) is 51.8 Å². The van der Waals surface area contributed by atoms with Gasteiger partial charge in [-0.3, -0.25) is 9.89 Å². The van der Waals surface area contributed by atoms with Crippen molar-refractivity contribution >= 4 is 12.0 Å². The maximum Gasteiger partial charge on any atom is 0.317 e. The van der Waals surface area contributed by atoms with Crippen LogP contribution in [0.4, 0.5) is 4.79 Å². The van der Waals surface area contributed by atoms with Crippen molar-refractivity contribution in [3.05, 3.63) is 17.5 Å². The van der Waals surface area contributed by atoms with Crippen molar-refractivity contribution in [1.29, 1.82) is 0 Å². The third-order valence-corrected chi connectivity index (χ3v) is 3.89. The SMILES string of the molecule is Cc1[nH]ncc1CCCNC(=O)N1CCCC(C(=O)O)C1. The third-order valence-electron chi connectivity index (χ3n) is 3.89. The Hall–Kier alpha value is -2.05. The van der Waals surface area contributed by atoms with E-state index < -0.39 is 11.9 Å². The number of aromatic nitrogens is 2. The zero-order valence-electron chi connectivity index (χ0n) is 12.3. The Labute approximate surface area is 123 Å². The quantitative estimate of drug-likeness (QED) is 0.710. The zero-order chi connectivity index (χ0) is 15.2. The Bertz CT molecular complexity index is 500. The number of rotatable bonds is 5. The molecule has 7 nitrogen and oxygen atoms in total. The van der Waals surface area contributed by atoms with E-state index in [9.17, 15) is 9.59 Å². The minimum atomic E-state index is -0.817. The molecule has 2 heterocycles. The van der Waals surface area contributed by atoms with Crippen LogP contribution in [0.15, 0.2) is 6.20 Å². The number of carbonyl (C=O) groups excluding carboxylic acids is 1. The number of nitrogens with one attached hydrogen (secondary N) is 2. The molecule has 0 saturated carbocycles. The first-order valence-corrected chi connectivity index (χ1v) is 7.32. The van der Waals surface area contributed by atoms with E-state index in [4.69, 9.17) is 5.11 Å². The van der Waals surface area contributed by atoms with Gasteiger partial charge in [0, 0.05) is 25.3 Å². The molecule has 0 bridgehead atoms. The number of piperidine rings is 1. The molecule has 2 rings (SSSR count). The Morgan fingerprint density at radius 2 is 2.38 bits per heavy atom. The average molecular weight is 294 g/mol. The Kier molecular flexibility index (Phi) is 5.19. The van der Waals surface area contributed by atoms with Gasteiger partial charge in [-0.15, -0.1) is 0 Å². The summed E-state index contributed by atoms with van der Waals surface area (Å²) >= 11 is 0. The van der Waals surface area contributed by atoms with Crippen molar-refractivity contribution in [2.75, 3.05) is 19.6 Å². The number of likely N-dealkylation sites (tertiary alicyclic amines) is 1. The van der Waals surface area contributed by atoms with Gasteiger partial charge in [-0.2, -0.15) is 5.10 Å². The fourth-order valence-corrected chi connectivity index (χ4v) is 2.58. The molecule has 116 valence electrons. The van der Waals surface area contributed by atoms with Gasteiger partial charge < -0.3 is 15.3 Å². The number of aryl methyl sites for hydroxylation is 2. The predicted octanol–water partition coefficient (Wildman–Crippen LogP) is 1.16. The Morgan fingerprint density at radius 3 is 3.05 bits per heavy atom. The van der Waals surface area contributed by atoms with Crippen LogP contribution >= 0.6 is 0 Å². The van der Waals surface area contributed by atoms with Crippen LogP contribution in [-0.2, 0) is 11.2 Å². The molecule has 0 aromatic carbocycles. The number of urea groups is 1. The summed E-state index contributed by atoms with van der Waals surface area (Å²) in [5.74, 6) is -1.25. The van der Waals surface area contributed by atoms with E-state index in [1.54, 1.807) is 11.1 Å². The number of carboxylic acid groups (broad SMARTS) is 1. The number of hydrogen-bond acceptors (Lipinski definition) is 3. The lowest BCUT2D eigenvalue weighted by molar-refractivity contribution is -0.143. The third kappa shape index (κ3) is 4.21. The molecule has 3 N–H and O–H groups in total. The van der Waals surface area contributed by atoms with Crippen LogP contribution in [0.3, 0.4) is 0 Å². The van der Waals surface area contributed by atoms with E-state index in [1.165, 1.54) is 0 Å². The summed E-state index contributed by atoms with van der Waals surface area (Å²) in [6, 6.07) is -0.162. The minimum Gasteiger partial charge on any atom is -0.481 e. The second-order valence-electron chi connectivity index (χ2n) is 5.48. The number of amides is 2. The van der Waals surface area contributed by atoms with Gasteiger partial charge in [0.15, 0.2) is 0 Å². The summed E-state index contributed by atoms with van der Waals surface area (Å²) in [6.07, 6.45) is 4.90. The van der Waals surface area contributed by atoms with Gasteiger partial charge in [-0.25, -0.2) is 4.79 Å². The number of aliphatic carboxylic acids is 1. The van der Waals surface area contributed by atoms with Crippen LogP contribution in [0.5, 0.6) is 0 Å². The molecule has 1 fully saturated rings. The molecular formula is C14H22N4O3. The van der Waals surface area contributed by atoms with E-state index in [1.807, 2.05) is 6.92 Å². The van der Waals surface area contributed by atoms with Crippen molar-refractivity contribution < 1.29 is 14.7 Å². The maximum atomic E-state index is 12.0. The Morgan fingerprint density at radius 1 is 1.57 bits per heavy atom. The lowest BCUT2D eigenvalue weighted by atomic mass is 9.99. The van der Waals surface area contributed by atoms with Gasteiger partial charge in [0.05, 0.1) is 12.1 Å². The van der Waals surface area contributed by atoms with E-state index in [0.717, 1.165) is 30.5 Å². The summed E-state index contributed by atoms with van der Waals surface area (Å²) in [5.41, 5.74) is 2.22. The largest absolute Gasteiger partial charge is 0.481 e. The first-order valence-electron chi connectivity index (χ1n) is 7.32. The van der Waals surface area contributed by atoms with E-state index in [-0.39, 0.29) is 6.03 Å². The van der Waals surface area contributed by atoms with Crippen LogP contribution in [0.25, 0.3) is 0 Å². The molecule has 2 amide bonds. The molecule has 1 atom stereocenters. The predicted molar refractivity (Wildman–Crippen MR) is 77.0 cm³/mol. The number of carboxylic acids is 1. The minimum absolute atomic E-state index is 0.162. The van der Waals surface area contributed by atoms with E-state index in [0.29, 0.717) is 26.1 Å². The second-order valence-corrected chi connectivity index (χ2v) is 5.48. The number of hydrogen-bond donors (Lipinski definition) is 3. The van der Waals surface area contributed by atoms with Crippen LogP contribution in [0, 0.1) is 12.8 Å². The van der Waals surface area contributed by atoms with Gasteiger partial charge in [-0.05, 0) is 38.2 Å². The van der Waals surface area contributed by atoms with E-state index in [2.05, 4.69) is 15.5 Å². The van der Waals surface area contributed by atoms with Gasteiger partial charge in [-0.1, -0.05) is 0 Å². The van der Waals surface area contributed by atoms with Crippen molar-refractivity contribution in [1.82, 2.24) is 20.4 Å². The molecule has 0 radical (unpaired) electrons. The van der Waals surface area contributed by atoms with Gasteiger partial charge in [0.25, 0.3) is 0 Å². The standard InChI is InChI=1S/C14H22N4O3/c1-10-11(8-16-17-10)4-2-6-15-14(21)18-7-3-5-12(9-18)13(19)20/h8,12H,2-7,9H2,1H3,(H,15,21)(H,16,17)(H,19,20). The van der Waals surface area contributed by atoms with Crippen molar-refractivity contribution in [3.63, 3.8) is 0 Å². The van der Waals surface area contributed by atoms with E-state index >= 15 is 0 Å². The molecular weight excluding hydrogens is 272 g/mol. The molecule has 21 heavy (non-hydrogen) atoms. The van der Waals surface area contributed by atoms with Gasteiger partial charge >= 0.3 is 12.0 Å². The summed E-state index contributed by atoms with van der Waals surface area (Å²) in [7, 11) is 0. The van der Waals surface area contributed by atoms with Gasteiger partial charge in [0.2, 0.25) is 0 Å². The number of aromatic amines is 1. The highest BCUT2D eigenvalue weighted by Gasteiger charge is 2.27. The molecule has 1 saturated heterocycles. The normalized spacial score (nSPS) is 18.5. The average Bonchev–Trinajstić information content (AvgIpc) is 2.89. The molecule has 7 heteroatoms. The first kappa shape index (κ1) is 15.3. The fourth-order valence-electron chi connectivity index (χ4n) is 2.58. The maximum absolute atomic E-state index is 12.0. The topological polar surface area (TPSA) is 98.3 Å². The highest BCUT2D eigenvalue weighted by Crippen LogP contribution is 2.16. The first-order chi connectivity index (χ1) is 10.1. The number of carbonyl (C=O) groups is 2. The number of nitrogens with zero attached hydrogens (tertiary/aromatic N) is 2. The highest BCUT2D eigenvalue weighted by atomic mass is 16.4. The molecule has 0 aliphatic carbocycles. The fraction of sp³-hybridized carbons (Fsp3) is 0.643. The zero-order valence-corrected chi connectivity index (χ0v) is 12.3. The molecule has 1 aliphatic rings. The summed E-state index contributed by atoms with van der Waals surface area (Å²) in [6.45, 7) is 3.50. The summed E-state index contributed by atoms with van der Waals surface area (Å²) < 4.78 is 0. The monoisotopic (exact) mass is 294 g/mol. The van der Waals surface area contributed by atoms with Crippen LogP contribution in [0.2, 0.25) is 0 Å². The van der Waals surface area contributed by atoms with Crippen molar-refractivity contribution in [3.8, 4) is 0 Å². The number of H-pyrrole nitrogens is 1. The van der Waals surface area contributed by atoms with Crippen molar-refractivity contribution in [2.24, 2.45) is 5.92 Å². The lowest BCUT2D eigenvalue weighted by Crippen LogP contribution is -2.47. The second kappa shape index (κ2) is 7.10. The summed E-state index contributed by atoms with van der Waals surface area (Å²) in [5, 5.41) is 18.7. The van der Waals surface area contributed by atoms with Crippen LogP contribution in [0.1, 0.15) is 30.5 Å². The smallest absolute Gasteiger partial charge is 0.317 e. The molecule has 1 aromatic heterocycles. The van der Waals surface area contributed by atoms with Crippen molar-refractivity contribution in [2.45, 2.75) is 32.6 Å². The Balaban J connectivity index is 1.69. The molecule has 1 aliphatic heterocycles. The molecule has 1 aromatic rings. The van der Waals surface area contributed by atoms with Crippen LogP contribution < -0.4 is 5.32 Å². The highest BCUT2D eigenvalue weighted by molar-refractivity contribution is 5.76. The lowest BCUT2D eigenvalue weighted by Gasteiger charge is -2.30. The molecule has 1 unspecified atom stereocenters.